The average molecular weight is 411 g/mol. The highest BCUT2D eigenvalue weighted by molar-refractivity contribution is 9.10. The summed E-state index contributed by atoms with van der Waals surface area (Å²) in [6.45, 7) is 0. The van der Waals surface area contributed by atoms with Gasteiger partial charge in [0.15, 0.2) is 0 Å². The zero-order chi connectivity index (χ0) is 16.8. The molecule has 0 aliphatic heterocycles. The maximum Gasteiger partial charge on any atom is 0.267 e. The molecule has 4 nitrogen and oxygen atoms in total. The average Bonchev–Trinajstić information content (AvgIpc) is 2.53. The number of nitrogens with one attached hydrogen (secondary N) is 2. The van der Waals surface area contributed by atoms with Crippen LogP contribution in [0.15, 0.2) is 58.7 Å². The third kappa shape index (κ3) is 5.00. The molecular formula is C16H10BrCl2N3O. The van der Waals surface area contributed by atoms with Gasteiger partial charge in [0, 0.05) is 21.4 Å². The highest BCUT2D eigenvalue weighted by Gasteiger charge is 2.11. The summed E-state index contributed by atoms with van der Waals surface area (Å²) in [6.07, 6.45) is 1.33. The Kier molecular flexibility index (Phi) is 6.05. The molecule has 2 aromatic rings. The molecule has 1 amide bonds. The molecule has 0 spiro atoms. The maximum absolute atomic E-state index is 12.1. The second-order valence-electron chi connectivity index (χ2n) is 4.40. The van der Waals surface area contributed by atoms with Crippen LogP contribution in [-0.4, -0.2) is 5.91 Å². The van der Waals surface area contributed by atoms with Crippen molar-refractivity contribution in [1.82, 2.24) is 0 Å². The van der Waals surface area contributed by atoms with Crippen molar-refractivity contribution in [3.8, 4) is 6.07 Å². The van der Waals surface area contributed by atoms with E-state index in [2.05, 4.69) is 26.6 Å². The summed E-state index contributed by atoms with van der Waals surface area (Å²) >= 11 is 15.2. The Morgan fingerprint density at radius 2 is 1.87 bits per heavy atom. The van der Waals surface area contributed by atoms with E-state index < -0.39 is 5.91 Å². The zero-order valence-electron chi connectivity index (χ0n) is 11.6. The van der Waals surface area contributed by atoms with Crippen molar-refractivity contribution in [2.45, 2.75) is 0 Å². The molecule has 7 heteroatoms. The molecular weight excluding hydrogens is 401 g/mol. The molecule has 0 atom stereocenters. The molecule has 0 fully saturated rings. The lowest BCUT2D eigenvalue weighted by atomic mass is 10.2. The molecule has 0 saturated carbocycles. The van der Waals surface area contributed by atoms with E-state index in [1.807, 2.05) is 18.2 Å². The van der Waals surface area contributed by atoms with Gasteiger partial charge in [-0.05, 0) is 42.5 Å². The Morgan fingerprint density at radius 1 is 1.17 bits per heavy atom. The zero-order valence-corrected chi connectivity index (χ0v) is 14.7. The maximum atomic E-state index is 12.1. The van der Waals surface area contributed by atoms with Crippen LogP contribution in [0.3, 0.4) is 0 Å². The van der Waals surface area contributed by atoms with Crippen molar-refractivity contribution >= 4 is 56.4 Å². The third-order valence-corrected chi connectivity index (χ3v) is 3.86. The number of rotatable bonds is 4. The van der Waals surface area contributed by atoms with Crippen LogP contribution in [0, 0.1) is 11.3 Å². The molecule has 0 bridgehead atoms. The normalized spacial score (nSPS) is 10.8. The summed E-state index contributed by atoms with van der Waals surface area (Å²) in [4.78, 5) is 12.1. The van der Waals surface area contributed by atoms with Crippen LogP contribution in [0.2, 0.25) is 10.0 Å². The molecule has 2 aromatic carbocycles. The number of carbonyl (C=O) groups excluding carboxylic acids is 1. The fourth-order valence-corrected chi connectivity index (χ4v) is 2.23. The van der Waals surface area contributed by atoms with Crippen molar-refractivity contribution in [3.05, 3.63) is 68.8 Å². The number of carbonyl (C=O) groups is 1. The molecule has 0 heterocycles. The fraction of sp³-hybridized carbons (Fsp3) is 0. The van der Waals surface area contributed by atoms with Crippen molar-refractivity contribution in [1.29, 1.82) is 5.26 Å². The molecule has 0 aliphatic carbocycles. The molecule has 23 heavy (non-hydrogen) atoms. The number of nitriles is 1. The third-order valence-electron chi connectivity index (χ3n) is 2.77. The number of anilines is 2. The minimum atomic E-state index is -0.582. The van der Waals surface area contributed by atoms with Crippen LogP contribution in [0.4, 0.5) is 11.4 Å². The lowest BCUT2D eigenvalue weighted by molar-refractivity contribution is -0.112. The highest BCUT2D eigenvalue weighted by atomic mass is 79.9. The summed E-state index contributed by atoms with van der Waals surface area (Å²) in [7, 11) is 0. The molecule has 0 aliphatic rings. The summed E-state index contributed by atoms with van der Waals surface area (Å²) in [5.41, 5.74) is 0.993. The van der Waals surface area contributed by atoms with Crippen LogP contribution in [0.1, 0.15) is 0 Å². The Hall–Kier alpha value is -2.00. The van der Waals surface area contributed by atoms with E-state index >= 15 is 0 Å². The van der Waals surface area contributed by atoms with Crippen LogP contribution in [-0.2, 0) is 4.79 Å². The predicted octanol–water partition coefficient (Wildman–Crippen LogP) is 5.21. The van der Waals surface area contributed by atoms with Gasteiger partial charge < -0.3 is 10.6 Å². The summed E-state index contributed by atoms with van der Waals surface area (Å²) in [5.74, 6) is -0.582. The van der Waals surface area contributed by atoms with Crippen LogP contribution in [0.5, 0.6) is 0 Å². The number of amides is 1. The minimum absolute atomic E-state index is 0.0936. The first-order chi connectivity index (χ1) is 11.0. The minimum Gasteiger partial charge on any atom is -0.360 e. The van der Waals surface area contributed by atoms with E-state index in [1.165, 1.54) is 12.3 Å². The molecule has 0 radical (unpaired) electrons. The van der Waals surface area contributed by atoms with Crippen molar-refractivity contribution in [3.63, 3.8) is 0 Å². The first-order valence-corrected chi connectivity index (χ1v) is 7.93. The van der Waals surface area contributed by atoms with E-state index in [0.29, 0.717) is 15.7 Å². The standard InChI is InChI=1S/C16H10BrCl2N3O/c17-11-1-4-13(5-2-11)21-9-10(8-20)16(23)22-15-7-12(18)3-6-14(15)19/h1-7,9,21H,(H,22,23)/b10-9-. The van der Waals surface area contributed by atoms with Crippen LogP contribution in [0.25, 0.3) is 0 Å². The Labute approximate surface area is 151 Å². The number of nitrogens with zero attached hydrogens (tertiary/aromatic N) is 1. The summed E-state index contributed by atoms with van der Waals surface area (Å²) in [5, 5.41) is 15.3. The smallest absolute Gasteiger partial charge is 0.267 e. The summed E-state index contributed by atoms with van der Waals surface area (Å²) < 4.78 is 0.931. The Morgan fingerprint density at radius 3 is 2.52 bits per heavy atom. The molecule has 116 valence electrons. The van der Waals surface area contributed by atoms with Gasteiger partial charge in [-0.1, -0.05) is 39.1 Å². The number of hydrogen-bond acceptors (Lipinski definition) is 3. The van der Waals surface area contributed by atoms with E-state index in [4.69, 9.17) is 28.5 Å². The van der Waals surface area contributed by atoms with Gasteiger partial charge in [-0.2, -0.15) is 5.26 Å². The molecule has 0 unspecified atom stereocenters. The topological polar surface area (TPSA) is 64.9 Å². The molecule has 0 aromatic heterocycles. The summed E-state index contributed by atoms with van der Waals surface area (Å²) in [6, 6.07) is 13.8. The van der Waals surface area contributed by atoms with Crippen LogP contribution < -0.4 is 10.6 Å². The number of halogens is 3. The van der Waals surface area contributed by atoms with Gasteiger partial charge in [-0.15, -0.1) is 0 Å². The Bertz CT molecular complexity index is 798. The lowest BCUT2D eigenvalue weighted by Crippen LogP contribution is -2.14. The highest BCUT2D eigenvalue weighted by Crippen LogP contribution is 2.25. The van der Waals surface area contributed by atoms with Gasteiger partial charge in [0.1, 0.15) is 11.6 Å². The van der Waals surface area contributed by atoms with Gasteiger partial charge in [-0.25, -0.2) is 0 Å². The largest absolute Gasteiger partial charge is 0.360 e. The monoisotopic (exact) mass is 409 g/mol. The van der Waals surface area contributed by atoms with Gasteiger partial charge in [0.25, 0.3) is 5.91 Å². The van der Waals surface area contributed by atoms with Crippen LogP contribution >= 0.6 is 39.1 Å². The second-order valence-corrected chi connectivity index (χ2v) is 6.16. The van der Waals surface area contributed by atoms with Crippen molar-refractivity contribution < 1.29 is 4.79 Å². The number of benzene rings is 2. The van der Waals surface area contributed by atoms with Gasteiger partial charge >= 0.3 is 0 Å². The van der Waals surface area contributed by atoms with E-state index in [1.54, 1.807) is 24.3 Å². The predicted molar refractivity (Wildman–Crippen MR) is 96.6 cm³/mol. The molecule has 2 rings (SSSR count). The van der Waals surface area contributed by atoms with E-state index in [-0.39, 0.29) is 5.57 Å². The quantitative estimate of drug-likeness (QED) is 0.536. The van der Waals surface area contributed by atoms with Crippen molar-refractivity contribution in [2.75, 3.05) is 10.6 Å². The SMILES string of the molecule is N#C/C(=C/Nc1ccc(Br)cc1)C(=O)Nc1cc(Cl)ccc1Cl. The lowest BCUT2D eigenvalue weighted by Gasteiger charge is -2.07. The fourth-order valence-electron chi connectivity index (χ4n) is 1.63. The van der Waals surface area contributed by atoms with E-state index in [0.717, 1.165) is 10.2 Å². The van der Waals surface area contributed by atoms with E-state index in [9.17, 15) is 4.79 Å². The van der Waals surface area contributed by atoms with Gasteiger partial charge in [-0.3, -0.25) is 4.79 Å². The first-order valence-electron chi connectivity index (χ1n) is 6.38. The van der Waals surface area contributed by atoms with Crippen molar-refractivity contribution in [2.24, 2.45) is 0 Å². The Balaban J connectivity index is 2.12. The first kappa shape index (κ1) is 17.4. The molecule has 2 N–H and O–H groups in total. The number of hydrogen-bond donors (Lipinski definition) is 2. The van der Waals surface area contributed by atoms with Gasteiger partial charge in [0.2, 0.25) is 0 Å². The van der Waals surface area contributed by atoms with Gasteiger partial charge in [0.05, 0.1) is 10.7 Å². The molecule has 0 saturated heterocycles. The second kappa shape index (κ2) is 8.02.